The molecule has 0 radical (unpaired) electrons. The second kappa shape index (κ2) is 12.8. The molecule has 0 atom stereocenters. The minimum absolute atomic E-state index is 0.366. The first-order chi connectivity index (χ1) is 17.2. The number of aromatic nitrogens is 1. The summed E-state index contributed by atoms with van der Waals surface area (Å²) in [5.41, 5.74) is 6.00. The standard InChI is InChI=1S/C28H34N2S.2C2H6/c1-4-9-23-24-18-21(12-13-27(24)30(6-3)26(23)5-2)19-29-16-14-28(15-17-29)25-11-8-7-10-22(25)20-31-28;2*1-2/h5,7-13,18H,4,6,14-17,19-20H2,1-3H3;2*1-2H3/b23-9-,26-5+;;. The Balaban J connectivity index is 0.000000815. The van der Waals surface area contributed by atoms with E-state index in [0.29, 0.717) is 4.75 Å². The van der Waals surface area contributed by atoms with Gasteiger partial charge in [0.15, 0.2) is 0 Å². The summed E-state index contributed by atoms with van der Waals surface area (Å²) in [7, 11) is 0. The predicted molar refractivity (Wildman–Crippen MR) is 158 cm³/mol. The van der Waals surface area contributed by atoms with Gasteiger partial charge >= 0.3 is 0 Å². The van der Waals surface area contributed by atoms with E-state index in [4.69, 9.17) is 0 Å². The molecule has 3 heterocycles. The van der Waals surface area contributed by atoms with Crippen molar-refractivity contribution in [2.24, 2.45) is 0 Å². The summed E-state index contributed by atoms with van der Waals surface area (Å²) < 4.78 is 2.82. The molecule has 2 nitrogen and oxygen atoms in total. The van der Waals surface area contributed by atoms with Crippen molar-refractivity contribution in [2.45, 2.75) is 91.3 Å². The van der Waals surface area contributed by atoms with Gasteiger partial charge in [-0.2, -0.15) is 0 Å². The van der Waals surface area contributed by atoms with Crippen LogP contribution >= 0.6 is 11.8 Å². The van der Waals surface area contributed by atoms with Crippen LogP contribution in [0.25, 0.3) is 23.1 Å². The summed E-state index contributed by atoms with van der Waals surface area (Å²) in [6.45, 7) is 19.1. The van der Waals surface area contributed by atoms with Gasteiger partial charge in [-0.3, -0.25) is 4.90 Å². The lowest BCUT2D eigenvalue weighted by Crippen LogP contribution is -2.39. The molecule has 0 N–H and O–H groups in total. The lowest BCUT2D eigenvalue weighted by Gasteiger charge is -2.39. The number of piperidine rings is 1. The van der Waals surface area contributed by atoms with Gasteiger partial charge in [-0.15, -0.1) is 11.8 Å². The summed E-state index contributed by atoms with van der Waals surface area (Å²) >= 11 is 2.18. The molecule has 3 heteroatoms. The fraction of sp³-hybridized carbons (Fsp3) is 0.500. The highest BCUT2D eigenvalue weighted by molar-refractivity contribution is 7.99. The summed E-state index contributed by atoms with van der Waals surface area (Å²) in [4.78, 5) is 2.67. The van der Waals surface area contributed by atoms with Gasteiger partial charge in [0.2, 0.25) is 0 Å². The largest absolute Gasteiger partial charge is 0.341 e. The second-order valence-electron chi connectivity index (χ2n) is 9.01. The fourth-order valence-corrected chi connectivity index (χ4v) is 7.25. The molecule has 0 unspecified atom stereocenters. The van der Waals surface area contributed by atoms with Crippen LogP contribution in [0.2, 0.25) is 0 Å². The van der Waals surface area contributed by atoms with Gasteiger partial charge in [0.25, 0.3) is 0 Å². The predicted octanol–water partition coefficient (Wildman–Crippen LogP) is 7.44. The molecular formula is C32H46N2S. The van der Waals surface area contributed by atoms with Crippen molar-refractivity contribution < 1.29 is 0 Å². The first-order valence-electron chi connectivity index (χ1n) is 13.9. The van der Waals surface area contributed by atoms with E-state index < -0.39 is 0 Å². The van der Waals surface area contributed by atoms with E-state index in [1.54, 1.807) is 11.1 Å². The van der Waals surface area contributed by atoms with Gasteiger partial charge in [0.1, 0.15) is 0 Å². The van der Waals surface area contributed by atoms with Crippen molar-refractivity contribution in [3.8, 4) is 0 Å². The maximum absolute atomic E-state index is 2.67. The Morgan fingerprint density at radius 3 is 2.34 bits per heavy atom. The zero-order chi connectivity index (χ0) is 25.4. The molecule has 1 spiro atoms. The zero-order valence-electron chi connectivity index (χ0n) is 23.2. The third kappa shape index (κ3) is 5.42. The summed E-state index contributed by atoms with van der Waals surface area (Å²) in [6.07, 6.45) is 8.28. The SMILES string of the molecule is C/C=c1\c(=C/CC)c2cc(CN3CCC4(CC3)SCc3ccccc34)ccc2n1CC.CC.CC. The second-order valence-corrected chi connectivity index (χ2v) is 10.4. The van der Waals surface area contributed by atoms with Crippen LogP contribution in [0.1, 0.15) is 84.4 Å². The van der Waals surface area contributed by atoms with E-state index in [2.05, 4.69) is 96.6 Å². The number of aryl methyl sites for hydroxylation is 1. The molecule has 1 saturated heterocycles. The minimum Gasteiger partial charge on any atom is -0.341 e. The number of hydrogen-bond donors (Lipinski definition) is 0. The highest BCUT2D eigenvalue weighted by Gasteiger charge is 2.41. The minimum atomic E-state index is 0.366. The molecule has 190 valence electrons. The molecule has 0 saturated carbocycles. The van der Waals surface area contributed by atoms with Gasteiger partial charge in [-0.25, -0.2) is 0 Å². The van der Waals surface area contributed by atoms with Gasteiger partial charge < -0.3 is 4.57 Å². The number of nitrogens with zero attached hydrogens (tertiary/aromatic N) is 2. The average molecular weight is 491 g/mol. The molecule has 35 heavy (non-hydrogen) atoms. The van der Waals surface area contributed by atoms with Crippen molar-refractivity contribution in [3.05, 3.63) is 69.7 Å². The monoisotopic (exact) mass is 490 g/mol. The highest BCUT2D eigenvalue weighted by Crippen LogP contribution is 2.53. The molecule has 0 amide bonds. The normalized spacial score (nSPS) is 17.7. The Bertz CT molecular complexity index is 1210. The van der Waals surface area contributed by atoms with Crippen molar-refractivity contribution in [1.29, 1.82) is 0 Å². The van der Waals surface area contributed by atoms with E-state index in [-0.39, 0.29) is 0 Å². The van der Waals surface area contributed by atoms with E-state index >= 15 is 0 Å². The molecule has 0 aliphatic carbocycles. The topological polar surface area (TPSA) is 8.17 Å². The lowest BCUT2D eigenvalue weighted by molar-refractivity contribution is 0.194. The summed E-state index contributed by atoms with van der Waals surface area (Å²) in [5, 5.41) is 4.21. The fourth-order valence-electron chi connectivity index (χ4n) is 5.74. The van der Waals surface area contributed by atoms with Crippen molar-refractivity contribution >= 4 is 34.8 Å². The molecule has 1 aromatic heterocycles. The number of benzene rings is 2. The van der Waals surface area contributed by atoms with E-state index in [0.717, 1.165) is 19.5 Å². The Labute approximate surface area is 218 Å². The maximum atomic E-state index is 2.67. The number of hydrogen-bond acceptors (Lipinski definition) is 2. The van der Waals surface area contributed by atoms with Crippen molar-refractivity contribution in [3.63, 3.8) is 0 Å². The number of rotatable bonds is 4. The molecule has 3 aromatic rings. The first-order valence-corrected chi connectivity index (χ1v) is 14.9. The van der Waals surface area contributed by atoms with Crippen LogP contribution in [0.4, 0.5) is 0 Å². The summed E-state index contributed by atoms with van der Waals surface area (Å²) in [6, 6.07) is 16.3. The van der Waals surface area contributed by atoms with Crippen molar-refractivity contribution in [2.75, 3.05) is 13.1 Å². The van der Waals surface area contributed by atoms with Gasteiger partial charge in [-0.05, 0) is 61.9 Å². The Morgan fingerprint density at radius 1 is 0.971 bits per heavy atom. The summed E-state index contributed by atoms with van der Waals surface area (Å²) in [5.74, 6) is 1.19. The Kier molecular flexibility index (Phi) is 10.1. The van der Waals surface area contributed by atoms with E-state index in [1.165, 1.54) is 58.7 Å². The molecule has 1 fully saturated rings. The zero-order valence-corrected chi connectivity index (χ0v) is 24.0. The average Bonchev–Trinajstić information content (AvgIpc) is 3.43. The molecule has 2 aromatic carbocycles. The first kappa shape index (κ1) is 27.6. The van der Waals surface area contributed by atoms with Crippen LogP contribution in [-0.4, -0.2) is 22.6 Å². The van der Waals surface area contributed by atoms with Gasteiger partial charge in [0, 0.05) is 58.1 Å². The Morgan fingerprint density at radius 2 is 1.69 bits per heavy atom. The molecular weight excluding hydrogens is 444 g/mol. The number of fused-ring (bicyclic) bond motifs is 3. The third-order valence-electron chi connectivity index (χ3n) is 7.29. The molecule has 0 bridgehead atoms. The molecule has 2 aliphatic rings. The molecule has 5 rings (SSSR count). The van der Waals surface area contributed by atoms with Crippen LogP contribution in [0.5, 0.6) is 0 Å². The lowest BCUT2D eigenvalue weighted by atomic mass is 9.86. The van der Waals surface area contributed by atoms with E-state index in [9.17, 15) is 0 Å². The molecule has 2 aliphatic heterocycles. The van der Waals surface area contributed by atoms with Crippen LogP contribution < -0.4 is 10.6 Å². The van der Waals surface area contributed by atoms with Crippen LogP contribution in [0, 0.1) is 0 Å². The number of thioether (sulfide) groups is 1. The Hall–Kier alpha value is -1.97. The third-order valence-corrected chi connectivity index (χ3v) is 8.92. The van der Waals surface area contributed by atoms with E-state index in [1.807, 2.05) is 27.7 Å². The van der Waals surface area contributed by atoms with Crippen molar-refractivity contribution in [1.82, 2.24) is 9.47 Å². The number of likely N-dealkylation sites (tertiary alicyclic amines) is 1. The van der Waals surface area contributed by atoms with Crippen LogP contribution in [0.3, 0.4) is 0 Å². The smallest absolute Gasteiger partial charge is 0.0491 e. The van der Waals surface area contributed by atoms with Gasteiger partial charge in [0.05, 0.1) is 0 Å². The quantitative estimate of drug-likeness (QED) is 0.375. The van der Waals surface area contributed by atoms with Gasteiger partial charge in [-0.1, -0.05) is 77.1 Å². The maximum Gasteiger partial charge on any atom is 0.0491 e. The highest BCUT2D eigenvalue weighted by atomic mass is 32.2. The van der Waals surface area contributed by atoms with Crippen LogP contribution in [0.15, 0.2) is 42.5 Å². The van der Waals surface area contributed by atoms with Crippen LogP contribution in [-0.2, 0) is 23.6 Å².